The number of piperidine rings is 1. The Bertz CT molecular complexity index is 463. The molecule has 1 saturated heterocycles. The van der Waals surface area contributed by atoms with Crippen LogP contribution in [0.5, 0.6) is 0 Å². The van der Waals surface area contributed by atoms with Gasteiger partial charge in [0.05, 0.1) is 6.10 Å². The molecule has 1 atom stereocenters. The van der Waals surface area contributed by atoms with Gasteiger partial charge in [0, 0.05) is 44.2 Å². The number of nitrogens with zero attached hydrogens (tertiary/aromatic N) is 1. The first-order valence-corrected chi connectivity index (χ1v) is 8.33. The summed E-state index contributed by atoms with van der Waals surface area (Å²) in [5, 5.41) is 10.7. The molecule has 1 N–H and O–H groups in total. The molecule has 1 fully saturated rings. The van der Waals surface area contributed by atoms with Crippen molar-refractivity contribution in [2.45, 2.75) is 38.2 Å². The number of rotatable bonds is 8. The SMILES string of the molecule is O=C1CCCCN1CCCOCCC(O)c1ccc(Cl)cc1. The van der Waals surface area contributed by atoms with Gasteiger partial charge >= 0.3 is 0 Å². The van der Waals surface area contributed by atoms with Gasteiger partial charge in [-0.3, -0.25) is 4.79 Å². The lowest BCUT2D eigenvalue weighted by Gasteiger charge is -2.26. The second kappa shape index (κ2) is 9.13. The molecule has 0 radical (unpaired) electrons. The molecule has 22 heavy (non-hydrogen) atoms. The number of hydrogen-bond acceptors (Lipinski definition) is 3. The molecule has 0 spiro atoms. The van der Waals surface area contributed by atoms with E-state index in [0.717, 1.165) is 37.9 Å². The predicted octanol–water partition coefficient (Wildman–Crippen LogP) is 3.18. The summed E-state index contributed by atoms with van der Waals surface area (Å²) in [5.41, 5.74) is 0.854. The van der Waals surface area contributed by atoms with E-state index in [1.165, 1.54) is 0 Å². The Hall–Kier alpha value is -1.10. The lowest BCUT2D eigenvalue weighted by Crippen LogP contribution is -2.36. The van der Waals surface area contributed by atoms with E-state index in [9.17, 15) is 9.90 Å². The first-order valence-electron chi connectivity index (χ1n) is 7.96. The minimum absolute atomic E-state index is 0.268. The molecule has 5 heteroatoms. The molecule has 0 saturated carbocycles. The highest BCUT2D eigenvalue weighted by molar-refractivity contribution is 6.30. The number of hydrogen-bond donors (Lipinski definition) is 1. The standard InChI is InChI=1S/C17H24ClNO3/c18-15-7-5-14(6-8-15)16(20)9-13-22-12-3-11-19-10-2-1-4-17(19)21/h5-8,16,20H,1-4,9-13H2. The first kappa shape index (κ1) is 17.3. The largest absolute Gasteiger partial charge is 0.388 e. The fourth-order valence-corrected chi connectivity index (χ4v) is 2.73. The van der Waals surface area contributed by atoms with Crippen LogP contribution in [0.4, 0.5) is 0 Å². The lowest BCUT2D eigenvalue weighted by atomic mass is 10.1. The molecule has 2 rings (SSSR count). The summed E-state index contributed by atoms with van der Waals surface area (Å²) in [6.45, 7) is 2.79. The minimum Gasteiger partial charge on any atom is -0.388 e. The Labute approximate surface area is 137 Å². The number of carbonyl (C=O) groups is 1. The Morgan fingerprint density at radius 1 is 1.23 bits per heavy atom. The van der Waals surface area contributed by atoms with Crippen LogP contribution in [-0.4, -0.2) is 42.2 Å². The number of likely N-dealkylation sites (tertiary alicyclic amines) is 1. The quantitative estimate of drug-likeness (QED) is 0.747. The number of carbonyl (C=O) groups excluding carboxylic acids is 1. The number of aliphatic hydroxyl groups excluding tert-OH is 1. The average molecular weight is 326 g/mol. The minimum atomic E-state index is -0.527. The average Bonchev–Trinajstić information content (AvgIpc) is 2.53. The molecule has 0 aliphatic carbocycles. The smallest absolute Gasteiger partial charge is 0.222 e. The van der Waals surface area contributed by atoms with Crippen molar-refractivity contribution in [3.63, 3.8) is 0 Å². The lowest BCUT2D eigenvalue weighted by molar-refractivity contribution is -0.133. The molecule has 122 valence electrons. The fourth-order valence-electron chi connectivity index (χ4n) is 2.60. The third-order valence-corrected chi connectivity index (χ3v) is 4.18. The Morgan fingerprint density at radius 3 is 2.73 bits per heavy atom. The van der Waals surface area contributed by atoms with Crippen molar-refractivity contribution < 1.29 is 14.6 Å². The van der Waals surface area contributed by atoms with Crippen LogP contribution >= 0.6 is 11.6 Å². The predicted molar refractivity (Wildman–Crippen MR) is 86.9 cm³/mol. The van der Waals surface area contributed by atoms with E-state index in [1.807, 2.05) is 17.0 Å². The first-order chi connectivity index (χ1) is 10.7. The van der Waals surface area contributed by atoms with E-state index in [4.69, 9.17) is 16.3 Å². The molecule has 0 aromatic heterocycles. The van der Waals surface area contributed by atoms with Gasteiger partial charge in [-0.1, -0.05) is 23.7 Å². The van der Waals surface area contributed by atoms with Crippen molar-refractivity contribution in [2.24, 2.45) is 0 Å². The molecular formula is C17H24ClNO3. The van der Waals surface area contributed by atoms with Crippen LogP contribution in [-0.2, 0) is 9.53 Å². The van der Waals surface area contributed by atoms with Crippen LogP contribution in [0.1, 0.15) is 43.8 Å². The Kier molecular flexibility index (Phi) is 7.16. The zero-order valence-corrected chi connectivity index (χ0v) is 13.6. The van der Waals surface area contributed by atoms with Crippen molar-refractivity contribution >= 4 is 17.5 Å². The van der Waals surface area contributed by atoms with Gasteiger partial charge in [-0.25, -0.2) is 0 Å². The third-order valence-electron chi connectivity index (χ3n) is 3.93. The number of amides is 1. The van der Waals surface area contributed by atoms with E-state index >= 15 is 0 Å². The molecule has 0 bridgehead atoms. The summed E-state index contributed by atoms with van der Waals surface area (Å²) >= 11 is 5.82. The topological polar surface area (TPSA) is 49.8 Å². The van der Waals surface area contributed by atoms with Gasteiger partial charge in [0.25, 0.3) is 0 Å². The van der Waals surface area contributed by atoms with E-state index in [1.54, 1.807) is 12.1 Å². The Morgan fingerprint density at radius 2 is 2.00 bits per heavy atom. The van der Waals surface area contributed by atoms with Crippen LogP contribution in [0.2, 0.25) is 5.02 Å². The zero-order valence-electron chi connectivity index (χ0n) is 12.8. The number of aliphatic hydroxyl groups is 1. The van der Waals surface area contributed by atoms with Gasteiger partial charge < -0.3 is 14.7 Å². The molecule has 1 aromatic rings. The van der Waals surface area contributed by atoms with Crippen LogP contribution in [0, 0.1) is 0 Å². The summed E-state index contributed by atoms with van der Waals surface area (Å²) < 4.78 is 5.55. The van der Waals surface area contributed by atoms with Gasteiger partial charge in [-0.05, 0) is 37.0 Å². The maximum atomic E-state index is 11.6. The number of ether oxygens (including phenoxy) is 1. The van der Waals surface area contributed by atoms with Crippen molar-refractivity contribution in [2.75, 3.05) is 26.3 Å². The molecule has 1 aliphatic heterocycles. The van der Waals surface area contributed by atoms with Gasteiger partial charge in [-0.15, -0.1) is 0 Å². The summed E-state index contributed by atoms with van der Waals surface area (Å²) in [4.78, 5) is 13.6. The molecule has 1 amide bonds. The van der Waals surface area contributed by atoms with E-state index in [0.29, 0.717) is 31.1 Å². The van der Waals surface area contributed by atoms with Gasteiger partial charge in [0.15, 0.2) is 0 Å². The van der Waals surface area contributed by atoms with Crippen LogP contribution in [0.15, 0.2) is 24.3 Å². The van der Waals surface area contributed by atoms with Crippen molar-refractivity contribution in [1.82, 2.24) is 4.90 Å². The Balaban J connectivity index is 1.55. The maximum Gasteiger partial charge on any atom is 0.222 e. The molecule has 1 heterocycles. The second-order valence-electron chi connectivity index (χ2n) is 5.66. The molecule has 4 nitrogen and oxygen atoms in total. The van der Waals surface area contributed by atoms with Crippen LogP contribution in [0.3, 0.4) is 0 Å². The van der Waals surface area contributed by atoms with Crippen LogP contribution < -0.4 is 0 Å². The second-order valence-corrected chi connectivity index (χ2v) is 6.10. The van der Waals surface area contributed by atoms with Crippen molar-refractivity contribution in [1.29, 1.82) is 0 Å². The number of benzene rings is 1. The monoisotopic (exact) mass is 325 g/mol. The molecule has 1 unspecified atom stereocenters. The van der Waals surface area contributed by atoms with Crippen LogP contribution in [0.25, 0.3) is 0 Å². The number of halogens is 1. The zero-order chi connectivity index (χ0) is 15.8. The van der Waals surface area contributed by atoms with Crippen molar-refractivity contribution in [3.05, 3.63) is 34.9 Å². The molecule has 1 aromatic carbocycles. The highest BCUT2D eigenvalue weighted by Gasteiger charge is 2.16. The highest BCUT2D eigenvalue weighted by Crippen LogP contribution is 2.19. The van der Waals surface area contributed by atoms with Gasteiger partial charge in [-0.2, -0.15) is 0 Å². The molecule has 1 aliphatic rings. The summed E-state index contributed by atoms with van der Waals surface area (Å²) in [7, 11) is 0. The summed E-state index contributed by atoms with van der Waals surface area (Å²) in [6.07, 6.45) is 3.70. The van der Waals surface area contributed by atoms with Gasteiger partial charge in [0.2, 0.25) is 5.91 Å². The van der Waals surface area contributed by atoms with Crippen molar-refractivity contribution in [3.8, 4) is 0 Å². The maximum absolute atomic E-state index is 11.6. The summed E-state index contributed by atoms with van der Waals surface area (Å²) in [5.74, 6) is 0.268. The van der Waals surface area contributed by atoms with Gasteiger partial charge in [0.1, 0.15) is 0 Å². The highest BCUT2D eigenvalue weighted by atomic mass is 35.5. The normalized spacial score (nSPS) is 16.8. The van der Waals surface area contributed by atoms with E-state index in [-0.39, 0.29) is 5.91 Å². The van der Waals surface area contributed by atoms with E-state index < -0.39 is 6.10 Å². The fraction of sp³-hybridized carbons (Fsp3) is 0.588. The van der Waals surface area contributed by atoms with E-state index in [2.05, 4.69) is 0 Å². The summed E-state index contributed by atoms with van der Waals surface area (Å²) in [6, 6.07) is 7.21. The molecular weight excluding hydrogens is 302 g/mol. The third kappa shape index (κ3) is 5.59.